The molecule has 3 amide bonds. The van der Waals surface area contributed by atoms with Gasteiger partial charge in [0.25, 0.3) is 16.0 Å². The highest BCUT2D eigenvalue weighted by molar-refractivity contribution is 7.85. The van der Waals surface area contributed by atoms with Crippen molar-refractivity contribution in [2.45, 2.75) is 134 Å². The number of carboxylic acids is 2. The Labute approximate surface area is 533 Å². The molecule has 4 saturated carbocycles. The lowest BCUT2D eigenvalue weighted by molar-refractivity contribution is -0.271. The van der Waals surface area contributed by atoms with Crippen molar-refractivity contribution >= 4 is 72.5 Å². The lowest BCUT2D eigenvalue weighted by Gasteiger charge is -2.69. The number of rotatable bonds is 24. The zero-order chi connectivity index (χ0) is 65.7. The smallest absolute Gasteiger partial charge is 0.409 e. The highest BCUT2D eigenvalue weighted by Crippen LogP contribution is 2.72. The molecular weight excluding hydrogens is 1230 g/mol. The Balaban J connectivity index is 0.726. The summed E-state index contributed by atoms with van der Waals surface area (Å²) in [5, 5.41) is 62.3. The number of pyridine rings is 1. The lowest BCUT2D eigenvalue weighted by atomic mass is 9.39. The normalized spacial score (nSPS) is 26.0. The first kappa shape index (κ1) is 65.6. The quantitative estimate of drug-likeness (QED) is 0.0279. The second-order valence-electron chi connectivity index (χ2n) is 25.9. The summed E-state index contributed by atoms with van der Waals surface area (Å²) < 4.78 is 64.1. The Kier molecular flexibility index (Phi) is 18.5. The zero-order valence-electron chi connectivity index (χ0n) is 51.1. The van der Waals surface area contributed by atoms with Crippen LogP contribution in [0.3, 0.4) is 0 Å². The monoisotopic (exact) mass is 1310 g/mol. The predicted molar refractivity (Wildman–Crippen MR) is 333 cm³/mol. The second kappa shape index (κ2) is 25.9. The number of aliphatic carboxylic acids is 1. The van der Waals surface area contributed by atoms with Crippen molar-refractivity contribution in [1.29, 1.82) is 0 Å². The largest absolute Gasteiger partial charge is 0.493 e. The summed E-state index contributed by atoms with van der Waals surface area (Å²) >= 11 is 1.40. The average molecular weight is 1310 g/mol. The number of aliphatic hydroxyl groups is 3. The number of ether oxygens (including phenoxy) is 5. The number of anilines is 2. The number of likely N-dealkylation sites (N-methyl/N-ethyl adjacent to an activating group) is 1. The number of fused-ring (bicyclic) bond motifs is 2. The third kappa shape index (κ3) is 14.2. The number of nitrogens with two attached hydrogens (primary N) is 1. The standard InChI is InChI=1S/C63H75N9O18S2/c1-35-41(39-15-16-47(68-48(39)55(78)79)71-19-17-36-9-7-10-40(42(36)25-71)53(76)69-58-67-44-11-5-6-12-46(44)91-58)24-66-72(35)34-62-29-60(2)28-61(3,30-62)32-63(31-60,33-62)88-22-20-70(4)59(82)87-26-37-13-14-38(89-57-51(75)49(73)50(74)52(90-57)56(80)81)23-45(37)86-21-8-18-65-54(77)43(64)27-92(83,84)85/h5-7,9-16,23-24,43,49-52,57,73-75H,8,17-22,25-34,64H2,1-4H3,(H,65,77)(H,78,79)(H,80,81)(H,67,69,76)(H,83,84,85)/t43-,49-,50-,51+,52-,57+,60?,61?,62?,63?/m0/s1. The molecule has 27 nitrogen and oxygen atoms in total. The van der Waals surface area contributed by atoms with E-state index in [0.29, 0.717) is 59.3 Å². The van der Waals surface area contributed by atoms with Crippen LogP contribution < -0.4 is 30.7 Å². The van der Waals surface area contributed by atoms with E-state index in [2.05, 4.69) is 29.5 Å². The number of nitrogens with zero attached hydrogens (tertiary/aromatic N) is 6. The van der Waals surface area contributed by atoms with Crippen molar-refractivity contribution in [2.75, 3.05) is 55.9 Å². The van der Waals surface area contributed by atoms with Crippen LogP contribution in [-0.4, -0.2) is 181 Å². The number of carbonyl (C=O) groups excluding carboxylic acids is 3. The lowest BCUT2D eigenvalue weighted by Crippen LogP contribution is -2.64. The first-order valence-electron chi connectivity index (χ1n) is 30.3. The first-order chi connectivity index (χ1) is 43.6. The van der Waals surface area contributed by atoms with Gasteiger partial charge in [0, 0.05) is 73.8 Å². The van der Waals surface area contributed by atoms with E-state index in [9.17, 15) is 57.9 Å². The van der Waals surface area contributed by atoms with Crippen LogP contribution in [0.2, 0.25) is 0 Å². The van der Waals surface area contributed by atoms with E-state index in [0.717, 1.165) is 65.6 Å². The van der Waals surface area contributed by atoms with Crippen molar-refractivity contribution in [3.63, 3.8) is 0 Å². The zero-order valence-corrected chi connectivity index (χ0v) is 52.8. The third-order valence-corrected chi connectivity index (χ3v) is 19.9. The summed E-state index contributed by atoms with van der Waals surface area (Å²) in [6.45, 7) is 8.04. The molecule has 6 aliphatic rings. The highest BCUT2D eigenvalue weighted by atomic mass is 32.2. The molecule has 2 unspecified atom stereocenters. The van der Waals surface area contributed by atoms with Gasteiger partial charge in [-0.15, -0.1) is 0 Å². The molecule has 6 aromatic rings. The molecule has 0 radical (unpaired) electrons. The predicted octanol–water partition coefficient (Wildman–Crippen LogP) is 5.15. The number of para-hydroxylation sites is 1. The van der Waals surface area contributed by atoms with Gasteiger partial charge in [-0.1, -0.05) is 49.4 Å². The van der Waals surface area contributed by atoms with Gasteiger partial charge < -0.3 is 70.1 Å². The molecule has 0 spiro atoms. The second-order valence-corrected chi connectivity index (χ2v) is 28.4. The molecule has 4 bridgehead atoms. The molecule has 4 aliphatic carbocycles. The van der Waals surface area contributed by atoms with Crippen LogP contribution in [0.15, 0.2) is 79.0 Å². The van der Waals surface area contributed by atoms with Gasteiger partial charge in [0.1, 0.15) is 48.3 Å². The molecule has 29 heteroatoms. The SMILES string of the molecule is Cc1c(-c2ccc(N3CCc4cccc(C(=O)Nc5nc6ccccc6s5)c4C3)nc2C(=O)O)cnn1CC12CC3(C)CC(C)(C1)CC(OCCN(C)C(=O)OCc1ccc(O[C@@H]4O[C@H](C(=O)O)[C@@H](O)[C@H](O)[C@H]4O)cc1OCCCNC(=O)[C@@H](N)CS(=O)(=O)O)(C3)C2. The van der Waals surface area contributed by atoms with Gasteiger partial charge in [-0.25, -0.2) is 24.4 Å². The van der Waals surface area contributed by atoms with Crippen LogP contribution in [0, 0.1) is 23.2 Å². The van der Waals surface area contributed by atoms with Gasteiger partial charge in [-0.05, 0) is 128 Å². The maximum atomic E-state index is 13.8. The summed E-state index contributed by atoms with van der Waals surface area (Å²) in [6, 6.07) is 19.7. The maximum absolute atomic E-state index is 13.8. The van der Waals surface area contributed by atoms with Crippen molar-refractivity contribution in [3.05, 3.63) is 113 Å². The molecule has 492 valence electrons. The highest BCUT2D eigenvalue weighted by Gasteiger charge is 2.66. The number of carbonyl (C=O) groups is 5. The van der Waals surface area contributed by atoms with Crippen molar-refractivity contribution < 1.29 is 86.2 Å². The van der Waals surface area contributed by atoms with E-state index < -0.39 is 82.2 Å². The molecular formula is C63H75N9O18S2. The van der Waals surface area contributed by atoms with Crippen molar-refractivity contribution in [3.8, 4) is 22.6 Å². The Morgan fingerprint density at radius 2 is 1.66 bits per heavy atom. The van der Waals surface area contributed by atoms with Crippen molar-refractivity contribution in [1.82, 2.24) is 30.0 Å². The first-order valence-corrected chi connectivity index (χ1v) is 32.7. The van der Waals surface area contributed by atoms with E-state index in [1.165, 1.54) is 34.4 Å². The fourth-order valence-corrected chi connectivity index (χ4v) is 16.7. The van der Waals surface area contributed by atoms with Gasteiger partial charge in [-0.3, -0.25) is 24.1 Å². The molecule has 1 saturated heterocycles. The van der Waals surface area contributed by atoms with Crippen LogP contribution in [0.25, 0.3) is 21.3 Å². The van der Waals surface area contributed by atoms with Crippen LogP contribution >= 0.6 is 11.3 Å². The molecule has 2 aliphatic heterocycles. The van der Waals surface area contributed by atoms with E-state index in [1.54, 1.807) is 25.4 Å². The molecule has 12 rings (SSSR count). The number of nitrogens with one attached hydrogen (secondary N) is 2. The number of aromatic nitrogens is 4. The van der Waals surface area contributed by atoms with Gasteiger partial charge in [0.05, 0.1) is 41.0 Å². The van der Waals surface area contributed by atoms with E-state index >= 15 is 0 Å². The molecule has 92 heavy (non-hydrogen) atoms. The van der Waals surface area contributed by atoms with Crippen LogP contribution in [-0.2, 0) is 60.0 Å². The molecule has 8 atom stereocenters. The minimum Gasteiger partial charge on any atom is -0.493 e. The number of aliphatic hydroxyl groups excluding tert-OH is 3. The number of amides is 3. The van der Waals surface area contributed by atoms with E-state index in [-0.39, 0.29) is 78.7 Å². The van der Waals surface area contributed by atoms with E-state index in [4.69, 9.17) is 44.1 Å². The number of hydrogen-bond acceptors (Lipinski definition) is 21. The molecule has 5 heterocycles. The maximum Gasteiger partial charge on any atom is 0.409 e. The summed E-state index contributed by atoms with van der Waals surface area (Å²) in [4.78, 5) is 77.4. The Morgan fingerprint density at radius 3 is 2.39 bits per heavy atom. The number of carboxylic acid groups (broad SMARTS) is 2. The number of benzene rings is 3. The molecule has 3 aromatic carbocycles. The number of thiazole rings is 1. The third-order valence-electron chi connectivity index (χ3n) is 18.2. The van der Waals surface area contributed by atoms with Crippen molar-refractivity contribution in [2.24, 2.45) is 22.0 Å². The Bertz CT molecular complexity index is 3890. The molecule has 5 fully saturated rings. The number of hydrogen-bond donors (Lipinski definition) is 9. The Morgan fingerprint density at radius 1 is 0.902 bits per heavy atom. The minimum atomic E-state index is -4.51. The summed E-state index contributed by atoms with van der Waals surface area (Å²) in [6.07, 6.45) is -2.30. The minimum absolute atomic E-state index is 0.0283. The Hall–Kier alpha value is -7.87. The summed E-state index contributed by atoms with van der Waals surface area (Å²) in [7, 11) is -2.93. The van der Waals surface area contributed by atoms with Crippen LogP contribution in [0.1, 0.15) is 102 Å². The fourth-order valence-electron chi connectivity index (χ4n) is 15.2. The summed E-state index contributed by atoms with van der Waals surface area (Å²) in [5.74, 6) is -4.35. The molecule has 10 N–H and O–H groups in total. The van der Waals surface area contributed by atoms with Crippen LogP contribution in [0.5, 0.6) is 11.5 Å². The van der Waals surface area contributed by atoms with Crippen LogP contribution in [0.4, 0.5) is 15.7 Å². The van der Waals surface area contributed by atoms with Gasteiger partial charge >= 0.3 is 18.0 Å². The fraction of sp³-hybridized carbons (Fsp3) is 0.492. The van der Waals surface area contributed by atoms with Gasteiger partial charge in [0.2, 0.25) is 12.2 Å². The summed E-state index contributed by atoms with van der Waals surface area (Å²) in [5.41, 5.74) is 10.1. The topological polar surface area (TPSA) is 387 Å². The molecule has 3 aromatic heterocycles. The van der Waals surface area contributed by atoms with Gasteiger partial charge in [-0.2, -0.15) is 13.5 Å². The average Bonchev–Trinajstić information content (AvgIpc) is 0.695. The van der Waals surface area contributed by atoms with E-state index in [1.807, 2.05) is 59.0 Å². The van der Waals surface area contributed by atoms with Gasteiger partial charge in [0.15, 0.2) is 16.9 Å². The number of aromatic carboxylic acids is 1.